The Labute approximate surface area is 180 Å². The first-order valence-corrected chi connectivity index (χ1v) is 9.35. The predicted molar refractivity (Wildman–Crippen MR) is 121 cm³/mol. The third-order valence-corrected chi connectivity index (χ3v) is 4.53. The van der Waals surface area contributed by atoms with Crippen LogP contribution in [-0.4, -0.2) is 36.1 Å². The number of hydrogen-bond donors (Lipinski definition) is 1. The molecule has 0 bridgehead atoms. The molecule has 1 N–H and O–H groups in total. The van der Waals surface area contributed by atoms with Gasteiger partial charge in [-0.1, -0.05) is 74.5 Å². The highest BCUT2D eigenvalue weighted by molar-refractivity contribution is 5.85. The molecule has 0 aliphatic rings. The number of benzene rings is 2. The summed E-state index contributed by atoms with van der Waals surface area (Å²) in [6, 6.07) is 20.4. The second-order valence-corrected chi connectivity index (χ2v) is 6.22. The van der Waals surface area contributed by atoms with Crippen LogP contribution in [0.1, 0.15) is 19.7 Å². The molecule has 0 aliphatic heterocycles. The summed E-state index contributed by atoms with van der Waals surface area (Å²) < 4.78 is 6.13. The van der Waals surface area contributed by atoms with Crippen molar-refractivity contribution in [1.82, 2.24) is 15.2 Å². The molecule has 0 unspecified atom stereocenters. The van der Waals surface area contributed by atoms with Crippen molar-refractivity contribution in [2.24, 2.45) is 0 Å². The fraction of sp³-hybridized carbons (Fsp3) is 0.318. The van der Waals surface area contributed by atoms with Crippen molar-refractivity contribution in [1.29, 1.82) is 0 Å². The molecular formula is C22H29Cl2N3O. The van der Waals surface area contributed by atoms with Crippen molar-refractivity contribution in [3.63, 3.8) is 0 Å². The van der Waals surface area contributed by atoms with Gasteiger partial charge in [-0.3, -0.25) is 0 Å². The highest BCUT2D eigenvalue weighted by Gasteiger charge is 2.16. The van der Waals surface area contributed by atoms with E-state index in [1.807, 2.05) is 36.4 Å². The molecule has 152 valence electrons. The molecule has 0 saturated carbocycles. The zero-order valence-corrected chi connectivity index (χ0v) is 18.1. The lowest BCUT2D eigenvalue weighted by Crippen LogP contribution is -2.31. The molecule has 2 aromatic carbocycles. The Morgan fingerprint density at radius 3 is 2.00 bits per heavy atom. The van der Waals surface area contributed by atoms with Crippen molar-refractivity contribution in [2.45, 2.75) is 20.4 Å². The maximum Gasteiger partial charge on any atom is 0.209 e. The first kappa shape index (κ1) is 24.2. The molecule has 1 heterocycles. The van der Waals surface area contributed by atoms with Gasteiger partial charge < -0.3 is 14.6 Å². The number of rotatable bonds is 9. The minimum absolute atomic E-state index is 0. The van der Waals surface area contributed by atoms with Gasteiger partial charge in [-0.2, -0.15) is 0 Å². The van der Waals surface area contributed by atoms with E-state index in [0.29, 0.717) is 6.54 Å². The van der Waals surface area contributed by atoms with E-state index in [1.165, 1.54) is 0 Å². The molecule has 3 rings (SSSR count). The topological polar surface area (TPSA) is 41.3 Å². The van der Waals surface area contributed by atoms with E-state index in [-0.39, 0.29) is 24.8 Å². The maximum atomic E-state index is 6.13. The fourth-order valence-corrected chi connectivity index (χ4v) is 2.99. The number of nitrogens with zero attached hydrogens (tertiary/aromatic N) is 2. The molecule has 0 radical (unpaired) electrons. The van der Waals surface area contributed by atoms with E-state index < -0.39 is 0 Å². The summed E-state index contributed by atoms with van der Waals surface area (Å²) >= 11 is 0. The van der Waals surface area contributed by atoms with Gasteiger partial charge in [0.2, 0.25) is 5.89 Å². The minimum Gasteiger partial charge on any atom is -0.439 e. The van der Waals surface area contributed by atoms with E-state index >= 15 is 0 Å². The number of nitrogens with one attached hydrogen (secondary N) is 1. The van der Waals surface area contributed by atoms with E-state index in [9.17, 15) is 0 Å². The van der Waals surface area contributed by atoms with Crippen molar-refractivity contribution in [2.75, 3.05) is 26.2 Å². The molecule has 6 heteroatoms. The smallest absolute Gasteiger partial charge is 0.209 e. The molecule has 0 aliphatic carbocycles. The standard InChI is InChI=1S/C22H27N3O.2ClH/c1-3-25(4-2)16-15-23-17-20-24-21(18-11-7-5-8-12-18)22(26-20)19-13-9-6-10-14-19;;/h5-14,23H,3-4,15-17H2,1-2H3;2*1H. The molecule has 4 nitrogen and oxygen atoms in total. The summed E-state index contributed by atoms with van der Waals surface area (Å²) in [4.78, 5) is 7.17. The van der Waals surface area contributed by atoms with Crippen molar-refractivity contribution < 1.29 is 4.42 Å². The van der Waals surface area contributed by atoms with Gasteiger partial charge in [0.1, 0.15) is 5.69 Å². The number of hydrogen-bond acceptors (Lipinski definition) is 4. The molecular weight excluding hydrogens is 393 g/mol. The van der Waals surface area contributed by atoms with Crippen molar-refractivity contribution in [3.05, 3.63) is 66.6 Å². The van der Waals surface area contributed by atoms with Gasteiger partial charge in [0.05, 0.1) is 6.54 Å². The predicted octanol–water partition coefficient (Wildman–Crippen LogP) is 5.28. The molecule has 28 heavy (non-hydrogen) atoms. The van der Waals surface area contributed by atoms with E-state index in [1.54, 1.807) is 0 Å². The number of halogens is 2. The fourth-order valence-electron chi connectivity index (χ4n) is 2.99. The van der Waals surface area contributed by atoms with Crippen LogP contribution in [0.3, 0.4) is 0 Å². The highest BCUT2D eigenvalue weighted by Crippen LogP contribution is 2.32. The summed E-state index contributed by atoms with van der Waals surface area (Å²) in [5.41, 5.74) is 3.02. The van der Waals surface area contributed by atoms with Gasteiger partial charge in [0.15, 0.2) is 5.76 Å². The average molecular weight is 422 g/mol. The van der Waals surface area contributed by atoms with Gasteiger partial charge in [-0.25, -0.2) is 4.98 Å². The normalized spacial score (nSPS) is 10.4. The van der Waals surface area contributed by atoms with Gasteiger partial charge in [-0.15, -0.1) is 24.8 Å². The molecule has 0 amide bonds. The number of oxazole rings is 1. The first-order chi connectivity index (χ1) is 12.8. The van der Waals surface area contributed by atoms with Gasteiger partial charge in [-0.05, 0) is 13.1 Å². The summed E-state index contributed by atoms with van der Waals surface area (Å²) in [5.74, 6) is 1.56. The quantitative estimate of drug-likeness (QED) is 0.476. The monoisotopic (exact) mass is 421 g/mol. The van der Waals surface area contributed by atoms with Crippen LogP contribution in [0.4, 0.5) is 0 Å². The maximum absolute atomic E-state index is 6.13. The molecule has 0 spiro atoms. The Balaban J connectivity index is 0.00000196. The summed E-state index contributed by atoms with van der Waals surface area (Å²) in [6.45, 7) is 9.12. The van der Waals surface area contributed by atoms with Crippen LogP contribution in [0, 0.1) is 0 Å². The molecule has 0 saturated heterocycles. The average Bonchev–Trinajstić information content (AvgIpc) is 3.14. The zero-order valence-electron chi connectivity index (χ0n) is 16.4. The third kappa shape index (κ3) is 6.35. The lowest BCUT2D eigenvalue weighted by atomic mass is 10.1. The summed E-state index contributed by atoms with van der Waals surface area (Å²) in [6.07, 6.45) is 0. The second-order valence-electron chi connectivity index (χ2n) is 6.22. The Kier molecular flexibility index (Phi) is 10.9. The van der Waals surface area contributed by atoms with Crippen molar-refractivity contribution >= 4 is 24.8 Å². The molecule has 0 fully saturated rings. The molecule has 1 aromatic heterocycles. The Morgan fingerprint density at radius 2 is 1.43 bits per heavy atom. The number of aromatic nitrogens is 1. The Hall–Kier alpha value is -1.85. The SMILES string of the molecule is CCN(CC)CCNCc1nc(-c2ccccc2)c(-c2ccccc2)o1.Cl.Cl. The molecule has 3 aromatic rings. The zero-order chi connectivity index (χ0) is 18.2. The summed E-state index contributed by atoms with van der Waals surface area (Å²) in [7, 11) is 0. The van der Waals surface area contributed by atoms with E-state index in [4.69, 9.17) is 9.40 Å². The van der Waals surface area contributed by atoms with Gasteiger partial charge in [0, 0.05) is 24.2 Å². The van der Waals surface area contributed by atoms with Crippen molar-refractivity contribution in [3.8, 4) is 22.6 Å². The van der Waals surface area contributed by atoms with E-state index in [2.05, 4.69) is 48.3 Å². The summed E-state index contributed by atoms with van der Waals surface area (Å²) in [5, 5.41) is 3.45. The Morgan fingerprint density at radius 1 is 0.857 bits per heavy atom. The van der Waals surface area contributed by atoms with Crippen LogP contribution in [0.5, 0.6) is 0 Å². The van der Waals surface area contributed by atoms with Crippen LogP contribution < -0.4 is 5.32 Å². The van der Waals surface area contributed by atoms with Crippen LogP contribution >= 0.6 is 24.8 Å². The van der Waals surface area contributed by atoms with Crippen LogP contribution in [-0.2, 0) is 6.54 Å². The first-order valence-electron chi connectivity index (χ1n) is 9.35. The van der Waals surface area contributed by atoms with Crippen LogP contribution in [0.15, 0.2) is 65.1 Å². The number of likely N-dealkylation sites (N-methyl/N-ethyl adjacent to an activating group) is 1. The largest absolute Gasteiger partial charge is 0.439 e. The molecule has 0 atom stereocenters. The van der Waals surface area contributed by atoms with Crippen LogP contribution in [0.25, 0.3) is 22.6 Å². The third-order valence-electron chi connectivity index (χ3n) is 4.53. The van der Waals surface area contributed by atoms with E-state index in [0.717, 1.165) is 54.7 Å². The van der Waals surface area contributed by atoms with Gasteiger partial charge in [0.25, 0.3) is 0 Å². The Bertz CT molecular complexity index is 733. The lowest BCUT2D eigenvalue weighted by Gasteiger charge is -2.17. The lowest BCUT2D eigenvalue weighted by molar-refractivity contribution is 0.300. The highest BCUT2D eigenvalue weighted by atomic mass is 35.5. The van der Waals surface area contributed by atoms with Crippen LogP contribution in [0.2, 0.25) is 0 Å². The van der Waals surface area contributed by atoms with Gasteiger partial charge >= 0.3 is 0 Å². The second kappa shape index (κ2) is 12.6. The minimum atomic E-state index is 0.